The molecule has 114 valence electrons. The maximum absolute atomic E-state index is 12.5. The van der Waals surface area contributed by atoms with Crippen molar-refractivity contribution in [1.82, 2.24) is 4.90 Å². The highest BCUT2D eigenvalue weighted by molar-refractivity contribution is 5.77. The third-order valence-electron chi connectivity index (χ3n) is 4.96. The molecule has 2 aliphatic heterocycles. The SMILES string of the molecule is CCC(CN)CC(=O)N1C2CCC1CC(CC(=O)O)C2. The summed E-state index contributed by atoms with van der Waals surface area (Å²) in [5.74, 6) is 0.0242. The number of amides is 1. The Morgan fingerprint density at radius 3 is 2.35 bits per heavy atom. The van der Waals surface area contributed by atoms with E-state index in [-0.39, 0.29) is 36.2 Å². The second-order valence-electron chi connectivity index (χ2n) is 6.34. The average molecular weight is 282 g/mol. The maximum atomic E-state index is 12.5. The number of carboxylic acid groups (broad SMARTS) is 1. The number of carboxylic acids is 1. The first-order chi connectivity index (χ1) is 9.55. The summed E-state index contributed by atoms with van der Waals surface area (Å²) in [6.45, 7) is 2.63. The Morgan fingerprint density at radius 2 is 1.90 bits per heavy atom. The van der Waals surface area contributed by atoms with Crippen molar-refractivity contribution in [2.45, 2.75) is 64.0 Å². The minimum absolute atomic E-state index is 0.226. The Labute approximate surface area is 120 Å². The van der Waals surface area contributed by atoms with Gasteiger partial charge in [-0.3, -0.25) is 9.59 Å². The highest BCUT2D eigenvalue weighted by Gasteiger charge is 2.43. The fraction of sp³-hybridized carbons (Fsp3) is 0.867. The van der Waals surface area contributed by atoms with E-state index in [2.05, 4.69) is 11.8 Å². The number of nitrogens with zero attached hydrogens (tertiary/aromatic N) is 1. The van der Waals surface area contributed by atoms with E-state index in [1.54, 1.807) is 0 Å². The summed E-state index contributed by atoms with van der Waals surface area (Å²) >= 11 is 0. The van der Waals surface area contributed by atoms with Gasteiger partial charge in [0.15, 0.2) is 0 Å². The summed E-state index contributed by atoms with van der Waals surface area (Å²) in [5.41, 5.74) is 5.69. The average Bonchev–Trinajstić information content (AvgIpc) is 2.67. The Balaban J connectivity index is 1.95. The first-order valence-corrected chi connectivity index (χ1v) is 7.78. The number of fused-ring (bicyclic) bond motifs is 2. The van der Waals surface area contributed by atoms with E-state index in [1.807, 2.05) is 0 Å². The molecule has 0 spiro atoms. The molecule has 5 heteroatoms. The van der Waals surface area contributed by atoms with Gasteiger partial charge in [-0.05, 0) is 44.1 Å². The number of piperidine rings is 1. The predicted molar refractivity (Wildman–Crippen MR) is 76.1 cm³/mol. The molecule has 1 amide bonds. The van der Waals surface area contributed by atoms with E-state index in [0.717, 1.165) is 32.1 Å². The topological polar surface area (TPSA) is 83.6 Å². The molecule has 3 unspecified atom stereocenters. The second-order valence-corrected chi connectivity index (χ2v) is 6.34. The van der Waals surface area contributed by atoms with E-state index >= 15 is 0 Å². The van der Waals surface area contributed by atoms with Gasteiger partial charge in [0.25, 0.3) is 0 Å². The first-order valence-electron chi connectivity index (χ1n) is 7.78. The van der Waals surface area contributed by atoms with Crippen LogP contribution in [0.25, 0.3) is 0 Å². The molecule has 2 fully saturated rings. The van der Waals surface area contributed by atoms with E-state index in [0.29, 0.717) is 13.0 Å². The number of aliphatic carboxylic acids is 1. The molecule has 0 aliphatic carbocycles. The Hall–Kier alpha value is -1.10. The third kappa shape index (κ3) is 3.32. The molecule has 0 radical (unpaired) electrons. The van der Waals surface area contributed by atoms with Gasteiger partial charge in [0.05, 0.1) is 0 Å². The van der Waals surface area contributed by atoms with Crippen molar-refractivity contribution in [2.24, 2.45) is 17.6 Å². The number of carbonyl (C=O) groups excluding carboxylic acids is 1. The summed E-state index contributed by atoms with van der Waals surface area (Å²) in [5, 5.41) is 8.92. The zero-order chi connectivity index (χ0) is 14.7. The van der Waals surface area contributed by atoms with Gasteiger partial charge in [-0.15, -0.1) is 0 Å². The molecule has 20 heavy (non-hydrogen) atoms. The first kappa shape index (κ1) is 15.3. The van der Waals surface area contributed by atoms with Crippen LogP contribution in [0.4, 0.5) is 0 Å². The molecule has 3 atom stereocenters. The van der Waals surface area contributed by atoms with Crippen LogP contribution in [0, 0.1) is 11.8 Å². The molecule has 0 aromatic rings. The summed E-state index contributed by atoms with van der Waals surface area (Å²) in [7, 11) is 0. The van der Waals surface area contributed by atoms with Gasteiger partial charge in [-0.1, -0.05) is 13.3 Å². The van der Waals surface area contributed by atoms with Crippen LogP contribution in [0.15, 0.2) is 0 Å². The molecule has 2 rings (SSSR count). The monoisotopic (exact) mass is 282 g/mol. The van der Waals surface area contributed by atoms with E-state index in [4.69, 9.17) is 10.8 Å². The number of rotatable bonds is 6. The molecule has 5 nitrogen and oxygen atoms in total. The normalized spacial score (nSPS) is 30.3. The molecule has 0 aromatic carbocycles. The van der Waals surface area contributed by atoms with Gasteiger partial charge < -0.3 is 15.7 Å². The van der Waals surface area contributed by atoms with Gasteiger partial charge in [-0.2, -0.15) is 0 Å². The van der Waals surface area contributed by atoms with E-state index in [1.165, 1.54) is 0 Å². The Bertz CT molecular complexity index is 354. The number of hydrogen-bond acceptors (Lipinski definition) is 3. The fourth-order valence-electron chi connectivity index (χ4n) is 3.86. The van der Waals surface area contributed by atoms with Crippen LogP contribution in [0.3, 0.4) is 0 Å². The van der Waals surface area contributed by atoms with Gasteiger partial charge in [0, 0.05) is 24.9 Å². The summed E-state index contributed by atoms with van der Waals surface area (Å²) < 4.78 is 0. The second kappa shape index (κ2) is 6.57. The third-order valence-corrected chi connectivity index (χ3v) is 4.96. The summed E-state index contributed by atoms with van der Waals surface area (Å²) in [6.07, 6.45) is 5.51. The molecule has 2 bridgehead atoms. The lowest BCUT2D eigenvalue weighted by Crippen LogP contribution is -2.47. The Kier molecular flexibility index (Phi) is 5.02. The number of hydrogen-bond donors (Lipinski definition) is 2. The lowest BCUT2D eigenvalue weighted by Gasteiger charge is -2.39. The van der Waals surface area contributed by atoms with Crippen molar-refractivity contribution in [3.05, 3.63) is 0 Å². The highest BCUT2D eigenvalue weighted by Crippen LogP contribution is 2.40. The van der Waals surface area contributed by atoms with Crippen molar-refractivity contribution in [3.8, 4) is 0 Å². The largest absolute Gasteiger partial charge is 0.481 e. The quantitative estimate of drug-likeness (QED) is 0.775. The van der Waals surface area contributed by atoms with E-state index in [9.17, 15) is 9.59 Å². The molecule has 3 N–H and O–H groups in total. The van der Waals surface area contributed by atoms with Gasteiger partial charge in [0.2, 0.25) is 5.91 Å². The van der Waals surface area contributed by atoms with Crippen molar-refractivity contribution in [2.75, 3.05) is 6.54 Å². The molecule has 2 heterocycles. The van der Waals surface area contributed by atoms with Crippen LogP contribution < -0.4 is 5.73 Å². The molecule has 0 aromatic heterocycles. The van der Waals surface area contributed by atoms with Gasteiger partial charge >= 0.3 is 5.97 Å². The molecule has 0 saturated carbocycles. The smallest absolute Gasteiger partial charge is 0.303 e. The fourth-order valence-corrected chi connectivity index (χ4v) is 3.86. The Morgan fingerprint density at radius 1 is 1.30 bits per heavy atom. The lowest BCUT2D eigenvalue weighted by atomic mass is 9.87. The van der Waals surface area contributed by atoms with Gasteiger partial charge in [0.1, 0.15) is 0 Å². The van der Waals surface area contributed by atoms with E-state index < -0.39 is 5.97 Å². The minimum Gasteiger partial charge on any atom is -0.481 e. The molecular formula is C15H26N2O3. The zero-order valence-corrected chi connectivity index (χ0v) is 12.3. The van der Waals surface area contributed by atoms with Crippen LogP contribution in [-0.2, 0) is 9.59 Å². The standard InChI is InChI=1S/C15H26N2O3/c1-2-10(9-16)7-14(18)17-12-3-4-13(17)6-11(5-12)8-15(19)20/h10-13H,2-9,16H2,1H3,(H,19,20). The predicted octanol–water partition coefficient (Wildman–Crippen LogP) is 1.61. The lowest BCUT2D eigenvalue weighted by molar-refractivity contribution is -0.140. The van der Waals surface area contributed by atoms with Crippen LogP contribution in [0.2, 0.25) is 0 Å². The van der Waals surface area contributed by atoms with Crippen LogP contribution >= 0.6 is 0 Å². The number of nitrogens with two attached hydrogens (primary N) is 1. The molecule has 2 aliphatic rings. The van der Waals surface area contributed by atoms with Crippen LogP contribution in [-0.4, -0.2) is 40.5 Å². The molecular weight excluding hydrogens is 256 g/mol. The summed E-state index contributed by atoms with van der Waals surface area (Å²) in [6, 6.07) is 0.529. The maximum Gasteiger partial charge on any atom is 0.303 e. The van der Waals surface area contributed by atoms with Crippen molar-refractivity contribution in [1.29, 1.82) is 0 Å². The van der Waals surface area contributed by atoms with Gasteiger partial charge in [-0.25, -0.2) is 0 Å². The number of carbonyl (C=O) groups is 2. The van der Waals surface area contributed by atoms with Crippen LogP contribution in [0.1, 0.15) is 51.9 Å². The van der Waals surface area contributed by atoms with Crippen molar-refractivity contribution < 1.29 is 14.7 Å². The van der Waals surface area contributed by atoms with Crippen molar-refractivity contribution >= 4 is 11.9 Å². The van der Waals surface area contributed by atoms with Crippen LogP contribution in [0.5, 0.6) is 0 Å². The highest BCUT2D eigenvalue weighted by atomic mass is 16.4. The zero-order valence-electron chi connectivity index (χ0n) is 12.3. The van der Waals surface area contributed by atoms with Crippen molar-refractivity contribution in [3.63, 3.8) is 0 Å². The molecule has 2 saturated heterocycles. The summed E-state index contributed by atoms with van der Waals surface area (Å²) in [4.78, 5) is 25.4. The minimum atomic E-state index is -0.719.